The van der Waals surface area contributed by atoms with E-state index in [4.69, 9.17) is 9.47 Å². The summed E-state index contributed by atoms with van der Waals surface area (Å²) in [4.78, 5) is 25.5. The van der Waals surface area contributed by atoms with Crippen molar-refractivity contribution in [1.29, 1.82) is 0 Å². The van der Waals surface area contributed by atoms with E-state index in [0.29, 0.717) is 10.9 Å². The van der Waals surface area contributed by atoms with Gasteiger partial charge in [0.05, 0.1) is 13.2 Å². The Hall–Kier alpha value is -0.890. The van der Waals surface area contributed by atoms with Crippen molar-refractivity contribution in [1.82, 2.24) is 0 Å². The van der Waals surface area contributed by atoms with Gasteiger partial charge in [0.1, 0.15) is 0 Å². The standard InChI is InChI=1S/C17H20BrIO4/c1-3-22-15(20)17(11-7-8-12-18,16(21)23-4-2)13-9-5-6-10-14(13)19/h5-10H,3-4,11-12H2,1-2H3/b8-7+. The van der Waals surface area contributed by atoms with Gasteiger partial charge >= 0.3 is 11.9 Å². The minimum atomic E-state index is -1.48. The minimum absolute atomic E-state index is 0.191. The smallest absolute Gasteiger partial charge is 0.328 e. The summed E-state index contributed by atoms with van der Waals surface area (Å²) < 4.78 is 11.3. The fourth-order valence-electron chi connectivity index (χ4n) is 2.22. The first kappa shape index (κ1) is 20.2. The maximum atomic E-state index is 12.8. The normalized spacial score (nSPS) is 11.5. The van der Waals surface area contributed by atoms with E-state index in [1.165, 1.54) is 0 Å². The highest BCUT2D eigenvalue weighted by molar-refractivity contribution is 14.1. The molecule has 0 bridgehead atoms. The third-order valence-electron chi connectivity index (χ3n) is 3.26. The molecule has 0 aliphatic carbocycles. The molecule has 0 radical (unpaired) electrons. The lowest BCUT2D eigenvalue weighted by atomic mass is 9.77. The van der Waals surface area contributed by atoms with Gasteiger partial charge in [-0.1, -0.05) is 46.3 Å². The Morgan fingerprint density at radius 3 is 2.17 bits per heavy atom. The summed E-state index contributed by atoms with van der Waals surface area (Å²) in [6.45, 7) is 3.84. The Labute approximate surface area is 158 Å². The van der Waals surface area contributed by atoms with Crippen LogP contribution in [0.3, 0.4) is 0 Å². The van der Waals surface area contributed by atoms with Crippen molar-refractivity contribution in [2.75, 3.05) is 18.5 Å². The monoisotopic (exact) mass is 494 g/mol. The lowest BCUT2D eigenvalue weighted by molar-refractivity contribution is -0.164. The predicted molar refractivity (Wildman–Crippen MR) is 102 cm³/mol. The Morgan fingerprint density at radius 2 is 1.70 bits per heavy atom. The highest BCUT2D eigenvalue weighted by atomic mass is 127. The average Bonchev–Trinajstić information content (AvgIpc) is 2.53. The third kappa shape index (κ3) is 4.79. The van der Waals surface area contributed by atoms with Crippen LogP contribution in [-0.4, -0.2) is 30.5 Å². The molecule has 0 heterocycles. The van der Waals surface area contributed by atoms with Crippen LogP contribution in [0.1, 0.15) is 25.8 Å². The Kier molecular flexibility index (Phi) is 8.83. The first-order valence-electron chi connectivity index (χ1n) is 7.35. The van der Waals surface area contributed by atoms with E-state index in [1.54, 1.807) is 32.1 Å². The molecule has 6 heteroatoms. The van der Waals surface area contributed by atoms with E-state index in [0.717, 1.165) is 3.57 Å². The molecular weight excluding hydrogens is 475 g/mol. The summed E-state index contributed by atoms with van der Waals surface area (Å²) in [7, 11) is 0. The van der Waals surface area contributed by atoms with Crippen molar-refractivity contribution in [3.63, 3.8) is 0 Å². The van der Waals surface area contributed by atoms with Gasteiger partial charge in [0.2, 0.25) is 0 Å². The van der Waals surface area contributed by atoms with Gasteiger partial charge in [-0.2, -0.15) is 0 Å². The van der Waals surface area contributed by atoms with E-state index >= 15 is 0 Å². The molecule has 0 aliphatic rings. The molecule has 1 aromatic rings. The molecule has 23 heavy (non-hydrogen) atoms. The van der Waals surface area contributed by atoms with E-state index in [9.17, 15) is 9.59 Å². The molecule has 4 nitrogen and oxygen atoms in total. The zero-order valence-electron chi connectivity index (χ0n) is 13.2. The molecule has 0 N–H and O–H groups in total. The van der Waals surface area contributed by atoms with E-state index in [2.05, 4.69) is 38.5 Å². The summed E-state index contributed by atoms with van der Waals surface area (Å²) in [5.74, 6) is -1.16. The molecule has 1 rings (SSSR count). The van der Waals surface area contributed by atoms with Crippen LogP contribution in [0.25, 0.3) is 0 Å². The summed E-state index contributed by atoms with van der Waals surface area (Å²) in [5.41, 5.74) is -0.876. The molecular formula is C17H20BrIO4. The largest absolute Gasteiger partial charge is 0.465 e. The Bertz CT molecular complexity index is 553. The zero-order valence-corrected chi connectivity index (χ0v) is 16.9. The highest BCUT2D eigenvalue weighted by Crippen LogP contribution is 2.35. The Balaban J connectivity index is 3.50. The summed E-state index contributed by atoms with van der Waals surface area (Å²) in [6.07, 6.45) is 3.84. The van der Waals surface area contributed by atoms with Gasteiger partial charge in [-0.15, -0.1) is 0 Å². The zero-order chi connectivity index (χ0) is 17.3. The van der Waals surface area contributed by atoms with Crippen LogP contribution in [0.5, 0.6) is 0 Å². The summed E-state index contributed by atoms with van der Waals surface area (Å²) in [6, 6.07) is 7.30. The molecule has 0 atom stereocenters. The number of rotatable bonds is 8. The number of hydrogen-bond donors (Lipinski definition) is 0. The average molecular weight is 495 g/mol. The van der Waals surface area contributed by atoms with Crippen LogP contribution in [0.15, 0.2) is 36.4 Å². The maximum Gasteiger partial charge on any atom is 0.328 e. The molecule has 0 spiro atoms. The molecule has 0 aliphatic heterocycles. The molecule has 0 saturated heterocycles. The number of benzene rings is 1. The van der Waals surface area contributed by atoms with Crippen molar-refractivity contribution in [2.24, 2.45) is 0 Å². The van der Waals surface area contributed by atoms with Gasteiger partial charge in [0, 0.05) is 8.90 Å². The van der Waals surface area contributed by atoms with Crippen LogP contribution in [0, 0.1) is 3.57 Å². The molecule has 0 saturated carbocycles. The first-order valence-corrected chi connectivity index (χ1v) is 9.55. The topological polar surface area (TPSA) is 52.6 Å². The van der Waals surface area contributed by atoms with Crippen molar-refractivity contribution >= 4 is 50.5 Å². The quantitative estimate of drug-likeness (QED) is 0.180. The van der Waals surface area contributed by atoms with Crippen LogP contribution < -0.4 is 0 Å². The van der Waals surface area contributed by atoms with Gasteiger partial charge < -0.3 is 9.47 Å². The second-order valence-electron chi connectivity index (χ2n) is 4.66. The number of halogens is 2. The predicted octanol–water partition coefficient (Wildman–Crippen LogP) is 4.00. The number of hydrogen-bond acceptors (Lipinski definition) is 4. The molecule has 126 valence electrons. The Morgan fingerprint density at radius 1 is 1.13 bits per heavy atom. The van der Waals surface area contributed by atoms with Gasteiger partial charge in [-0.3, -0.25) is 9.59 Å². The maximum absolute atomic E-state index is 12.8. The lowest BCUT2D eigenvalue weighted by Crippen LogP contribution is -2.46. The summed E-state index contributed by atoms with van der Waals surface area (Å²) in [5, 5.41) is 0.639. The van der Waals surface area contributed by atoms with Crippen LogP contribution in [0.4, 0.5) is 0 Å². The summed E-state index contributed by atoms with van der Waals surface area (Å²) >= 11 is 5.42. The third-order valence-corrected chi connectivity index (χ3v) is 4.58. The fourth-order valence-corrected chi connectivity index (χ4v) is 3.33. The van der Waals surface area contributed by atoms with Crippen LogP contribution in [-0.2, 0) is 24.5 Å². The minimum Gasteiger partial charge on any atom is -0.465 e. The van der Waals surface area contributed by atoms with E-state index < -0.39 is 17.4 Å². The number of carbonyl (C=O) groups excluding carboxylic acids is 2. The van der Waals surface area contributed by atoms with E-state index in [1.807, 2.05) is 18.2 Å². The number of carbonyl (C=O) groups is 2. The van der Waals surface area contributed by atoms with Crippen molar-refractivity contribution < 1.29 is 19.1 Å². The SMILES string of the molecule is CCOC(=O)C(C/C=C/CBr)(C(=O)OCC)c1ccccc1I. The lowest BCUT2D eigenvalue weighted by Gasteiger charge is -2.29. The van der Waals surface area contributed by atoms with Gasteiger partial charge in [-0.05, 0) is 54.5 Å². The molecule has 0 fully saturated rings. The molecule has 1 aromatic carbocycles. The van der Waals surface area contributed by atoms with Gasteiger partial charge in [0.25, 0.3) is 0 Å². The number of ether oxygens (including phenoxy) is 2. The van der Waals surface area contributed by atoms with Crippen LogP contribution >= 0.6 is 38.5 Å². The molecule has 0 amide bonds. The number of allylic oxidation sites excluding steroid dienone is 2. The molecule has 0 aromatic heterocycles. The van der Waals surface area contributed by atoms with Gasteiger partial charge in [-0.25, -0.2) is 0 Å². The second-order valence-corrected chi connectivity index (χ2v) is 6.47. The van der Waals surface area contributed by atoms with Crippen molar-refractivity contribution in [3.05, 3.63) is 45.6 Å². The fraction of sp³-hybridized carbons (Fsp3) is 0.412. The number of alkyl halides is 1. The molecule has 0 unspecified atom stereocenters. The van der Waals surface area contributed by atoms with Gasteiger partial charge in [0.15, 0.2) is 5.41 Å². The highest BCUT2D eigenvalue weighted by Gasteiger charge is 2.50. The van der Waals surface area contributed by atoms with Crippen molar-refractivity contribution in [2.45, 2.75) is 25.7 Å². The second kappa shape index (κ2) is 10.1. The number of esters is 2. The van der Waals surface area contributed by atoms with E-state index in [-0.39, 0.29) is 19.6 Å². The first-order chi connectivity index (χ1) is 11.0. The van der Waals surface area contributed by atoms with Crippen molar-refractivity contribution in [3.8, 4) is 0 Å². The van der Waals surface area contributed by atoms with Crippen LogP contribution in [0.2, 0.25) is 0 Å².